The first-order valence-corrected chi connectivity index (χ1v) is 32.0. The van der Waals surface area contributed by atoms with E-state index in [-0.39, 0.29) is 12.5 Å². The average Bonchev–Trinajstić information content (AvgIpc) is 3.41. The Kier molecular flexibility index (Phi) is 52.2. The molecule has 1 amide bonds. The Morgan fingerprint density at radius 2 is 0.827 bits per heavy atom. The van der Waals surface area contributed by atoms with Crippen molar-refractivity contribution < 1.29 is 39.8 Å². The van der Waals surface area contributed by atoms with E-state index in [1.807, 2.05) is 0 Å². The largest absolute Gasteiger partial charge is 0.394 e. The van der Waals surface area contributed by atoms with Gasteiger partial charge in [-0.05, 0) is 57.8 Å². The number of carbonyl (C=O) groups excluding carboxylic acids is 1. The molecule has 0 saturated carbocycles. The molecular weight excluding hydrogens is 935 g/mol. The molecule has 0 aliphatic carbocycles. The van der Waals surface area contributed by atoms with E-state index in [0.717, 1.165) is 89.9 Å². The van der Waals surface area contributed by atoms with Crippen molar-refractivity contribution in [2.45, 2.75) is 339 Å². The van der Waals surface area contributed by atoms with E-state index >= 15 is 0 Å². The number of aliphatic hydroxyl groups excluding tert-OH is 5. The summed E-state index contributed by atoms with van der Waals surface area (Å²) in [4.78, 5) is 13.1. The maximum Gasteiger partial charge on any atom is 0.220 e. The standard InChI is InChI=1S/C66H121NO8/c1-3-5-7-9-11-13-15-17-19-21-23-25-26-27-28-29-30-31-32-33-34-36-37-39-41-43-45-47-49-51-53-55-60(69)59(58-74-66-65(73)64(72)63(71)61(57-68)75-66)67-62(70)56-54-52-50-48-46-44-42-40-38-35-24-22-20-18-16-14-12-10-8-6-4-2/h6,8,12,14,18,20,24,35,40,42,59-61,63-66,68-69,71-73H,3-5,7,9-11,13,15-17,19,21-23,25-34,36-39,41,43-58H2,1-2H3,(H,67,70)/b8-6-,14-12-,20-18-,35-24-,42-40-. The van der Waals surface area contributed by atoms with Gasteiger partial charge < -0.3 is 40.3 Å². The lowest BCUT2D eigenvalue weighted by Crippen LogP contribution is -2.60. The van der Waals surface area contributed by atoms with Crippen LogP contribution in [0.4, 0.5) is 0 Å². The van der Waals surface area contributed by atoms with E-state index in [4.69, 9.17) is 9.47 Å². The van der Waals surface area contributed by atoms with E-state index in [1.54, 1.807) is 0 Å². The maximum atomic E-state index is 13.1. The molecule has 9 nitrogen and oxygen atoms in total. The minimum atomic E-state index is -1.56. The fourth-order valence-electron chi connectivity index (χ4n) is 10.1. The highest BCUT2D eigenvalue weighted by Crippen LogP contribution is 2.23. The van der Waals surface area contributed by atoms with Gasteiger partial charge in [-0.2, -0.15) is 0 Å². The van der Waals surface area contributed by atoms with Crippen molar-refractivity contribution in [3.05, 3.63) is 60.8 Å². The van der Waals surface area contributed by atoms with Gasteiger partial charge in [-0.25, -0.2) is 0 Å². The lowest BCUT2D eigenvalue weighted by atomic mass is 9.99. The highest BCUT2D eigenvalue weighted by atomic mass is 16.7. The van der Waals surface area contributed by atoms with Gasteiger partial charge in [-0.1, -0.05) is 293 Å². The molecule has 6 N–H and O–H groups in total. The fraction of sp³-hybridized carbons (Fsp3) is 0.833. The van der Waals surface area contributed by atoms with Crippen molar-refractivity contribution in [1.29, 1.82) is 0 Å². The number of carbonyl (C=O) groups is 1. The van der Waals surface area contributed by atoms with E-state index in [2.05, 4.69) is 79.9 Å². The summed E-state index contributed by atoms with van der Waals surface area (Å²) in [5.41, 5.74) is 0. The van der Waals surface area contributed by atoms with Crippen molar-refractivity contribution in [2.24, 2.45) is 0 Å². The summed E-state index contributed by atoms with van der Waals surface area (Å²) in [5.74, 6) is -0.161. The van der Waals surface area contributed by atoms with Crippen molar-refractivity contribution in [3.8, 4) is 0 Å². The maximum absolute atomic E-state index is 13.1. The third-order valence-corrected chi connectivity index (χ3v) is 15.1. The molecular formula is C66H121NO8. The van der Waals surface area contributed by atoms with Crippen LogP contribution in [-0.4, -0.2) is 87.5 Å². The Morgan fingerprint density at radius 3 is 1.23 bits per heavy atom. The Balaban J connectivity index is 2.15. The molecule has 1 aliphatic heterocycles. The number of aliphatic hydroxyl groups is 5. The molecule has 0 aromatic heterocycles. The van der Waals surface area contributed by atoms with Gasteiger partial charge in [0.25, 0.3) is 0 Å². The molecule has 0 aromatic rings. The van der Waals surface area contributed by atoms with Crippen molar-refractivity contribution >= 4 is 5.91 Å². The van der Waals surface area contributed by atoms with Crippen molar-refractivity contribution in [2.75, 3.05) is 13.2 Å². The van der Waals surface area contributed by atoms with Crippen LogP contribution in [0.1, 0.15) is 296 Å². The number of amides is 1. The molecule has 1 heterocycles. The Labute approximate surface area is 462 Å². The SMILES string of the molecule is CC/C=C\C/C=C\C/C=C\C/C=C\C/C=C\CCCCCCCC(=O)NC(COC1OC(CO)C(O)C(O)C1O)C(O)CCCCCCCCCCCCCCCCCCCCCCCCCCCCCCCCC. The minimum absolute atomic E-state index is 0.148. The Bertz CT molecular complexity index is 1360. The molecule has 7 unspecified atom stereocenters. The molecule has 438 valence electrons. The van der Waals surface area contributed by atoms with Gasteiger partial charge in [0.2, 0.25) is 5.91 Å². The zero-order chi connectivity index (χ0) is 54.3. The van der Waals surface area contributed by atoms with Gasteiger partial charge in [0, 0.05) is 6.42 Å². The third kappa shape index (κ3) is 44.4. The van der Waals surface area contributed by atoms with Crippen LogP contribution in [0.15, 0.2) is 60.8 Å². The van der Waals surface area contributed by atoms with E-state index in [9.17, 15) is 30.3 Å². The average molecular weight is 1060 g/mol. The Morgan fingerprint density at radius 1 is 0.467 bits per heavy atom. The van der Waals surface area contributed by atoms with Gasteiger partial charge in [0.1, 0.15) is 24.4 Å². The molecule has 0 bridgehead atoms. The number of rotatable bonds is 55. The second-order valence-electron chi connectivity index (χ2n) is 22.2. The fourth-order valence-corrected chi connectivity index (χ4v) is 10.1. The second-order valence-corrected chi connectivity index (χ2v) is 22.2. The topological polar surface area (TPSA) is 149 Å². The van der Waals surface area contributed by atoms with Crippen LogP contribution in [0.2, 0.25) is 0 Å². The molecule has 7 atom stereocenters. The van der Waals surface area contributed by atoms with Gasteiger partial charge in [0.15, 0.2) is 6.29 Å². The summed E-state index contributed by atoms with van der Waals surface area (Å²) in [5, 5.41) is 54.8. The molecule has 75 heavy (non-hydrogen) atoms. The first-order valence-electron chi connectivity index (χ1n) is 32.0. The number of allylic oxidation sites excluding steroid dienone is 10. The molecule has 0 radical (unpaired) electrons. The zero-order valence-corrected chi connectivity index (χ0v) is 48.8. The molecule has 0 spiro atoms. The van der Waals surface area contributed by atoms with Gasteiger partial charge in [-0.3, -0.25) is 4.79 Å². The van der Waals surface area contributed by atoms with Crippen LogP contribution in [0, 0.1) is 0 Å². The molecule has 0 aromatic carbocycles. The highest BCUT2D eigenvalue weighted by Gasteiger charge is 2.44. The molecule has 1 fully saturated rings. The quantitative estimate of drug-likeness (QED) is 0.0261. The van der Waals surface area contributed by atoms with Crippen LogP contribution >= 0.6 is 0 Å². The van der Waals surface area contributed by atoms with Gasteiger partial charge in [-0.15, -0.1) is 0 Å². The zero-order valence-electron chi connectivity index (χ0n) is 48.8. The number of ether oxygens (including phenoxy) is 2. The summed E-state index contributed by atoms with van der Waals surface area (Å²) >= 11 is 0. The number of hydrogen-bond donors (Lipinski definition) is 6. The summed E-state index contributed by atoms with van der Waals surface area (Å²) in [7, 11) is 0. The summed E-state index contributed by atoms with van der Waals surface area (Å²) in [6, 6.07) is -0.734. The first kappa shape index (κ1) is 70.9. The number of nitrogens with one attached hydrogen (secondary N) is 1. The lowest BCUT2D eigenvalue weighted by molar-refractivity contribution is -0.302. The number of unbranched alkanes of at least 4 members (excludes halogenated alkanes) is 35. The number of hydrogen-bond acceptors (Lipinski definition) is 8. The minimum Gasteiger partial charge on any atom is -0.394 e. The summed E-state index contributed by atoms with van der Waals surface area (Å²) < 4.78 is 11.3. The van der Waals surface area contributed by atoms with Crippen molar-refractivity contribution in [1.82, 2.24) is 5.32 Å². The van der Waals surface area contributed by atoms with Crippen LogP contribution < -0.4 is 5.32 Å². The predicted molar refractivity (Wildman–Crippen MR) is 318 cm³/mol. The molecule has 1 rings (SSSR count). The highest BCUT2D eigenvalue weighted by molar-refractivity contribution is 5.76. The summed E-state index contributed by atoms with van der Waals surface area (Å²) in [6.45, 7) is 3.74. The first-order chi connectivity index (χ1) is 36.8. The van der Waals surface area contributed by atoms with Gasteiger partial charge >= 0.3 is 0 Å². The smallest absolute Gasteiger partial charge is 0.220 e. The monoisotopic (exact) mass is 1060 g/mol. The lowest BCUT2D eigenvalue weighted by Gasteiger charge is -2.40. The Hall–Kier alpha value is -2.11. The van der Waals surface area contributed by atoms with E-state index in [0.29, 0.717) is 12.8 Å². The van der Waals surface area contributed by atoms with Gasteiger partial charge in [0.05, 0.1) is 25.4 Å². The van der Waals surface area contributed by atoms with Crippen LogP contribution in [0.5, 0.6) is 0 Å². The van der Waals surface area contributed by atoms with E-state index < -0.39 is 49.5 Å². The van der Waals surface area contributed by atoms with Crippen LogP contribution in [-0.2, 0) is 14.3 Å². The molecule has 1 aliphatic rings. The second kappa shape index (κ2) is 55.2. The van der Waals surface area contributed by atoms with Crippen LogP contribution in [0.3, 0.4) is 0 Å². The van der Waals surface area contributed by atoms with E-state index in [1.165, 1.54) is 180 Å². The molecule has 9 heteroatoms. The summed E-state index contributed by atoms with van der Waals surface area (Å²) in [6.07, 6.45) is 68.4. The van der Waals surface area contributed by atoms with Crippen LogP contribution in [0.25, 0.3) is 0 Å². The predicted octanol–water partition coefficient (Wildman–Crippen LogP) is 16.6. The third-order valence-electron chi connectivity index (χ3n) is 15.1. The molecule has 1 saturated heterocycles. The normalized spacial score (nSPS) is 19.3. The van der Waals surface area contributed by atoms with Crippen molar-refractivity contribution in [3.63, 3.8) is 0 Å².